The Morgan fingerprint density at radius 2 is 2.04 bits per heavy atom. The Morgan fingerprint density at radius 3 is 2.71 bits per heavy atom. The standard InChI is InChI=1S/C17H22FN5.HI/c18-14-4-6-16(7-5-14)23-11-9-15(22-23)8-10-20-17(19)21-12-13-2-1-3-13;/h4-7,9,11,13H,1-3,8,10,12H2,(H3,19,20,21);1H. The Balaban J connectivity index is 0.00000208. The van der Waals surface area contributed by atoms with Gasteiger partial charge in [-0.05, 0) is 49.1 Å². The van der Waals surface area contributed by atoms with Crippen LogP contribution in [0, 0.1) is 11.7 Å². The number of halogens is 2. The van der Waals surface area contributed by atoms with Crippen LogP contribution in [0.15, 0.2) is 41.5 Å². The summed E-state index contributed by atoms with van der Waals surface area (Å²) in [6, 6.07) is 8.21. The fourth-order valence-electron chi connectivity index (χ4n) is 2.51. The van der Waals surface area contributed by atoms with Crippen LogP contribution < -0.4 is 11.1 Å². The Labute approximate surface area is 158 Å². The zero-order valence-corrected chi connectivity index (χ0v) is 15.8. The van der Waals surface area contributed by atoms with Gasteiger partial charge in [-0.1, -0.05) is 6.42 Å². The fraction of sp³-hybridized carbons (Fsp3) is 0.412. The largest absolute Gasteiger partial charge is 0.370 e. The number of benzene rings is 1. The van der Waals surface area contributed by atoms with Crippen molar-refractivity contribution in [2.24, 2.45) is 16.6 Å². The molecule has 2 aromatic rings. The highest BCUT2D eigenvalue weighted by Gasteiger charge is 2.16. The quantitative estimate of drug-likeness (QED) is 0.410. The molecule has 1 aliphatic rings. The molecule has 0 aliphatic heterocycles. The van der Waals surface area contributed by atoms with Crippen molar-refractivity contribution < 1.29 is 4.39 Å². The van der Waals surface area contributed by atoms with Gasteiger partial charge in [0.2, 0.25) is 0 Å². The minimum Gasteiger partial charge on any atom is -0.370 e. The summed E-state index contributed by atoms with van der Waals surface area (Å²) in [5.74, 6) is 0.985. The molecule has 3 rings (SSSR count). The number of aromatic nitrogens is 2. The molecule has 0 atom stereocenters. The van der Waals surface area contributed by atoms with Gasteiger partial charge in [0.15, 0.2) is 5.96 Å². The van der Waals surface area contributed by atoms with Gasteiger partial charge in [0.05, 0.1) is 11.4 Å². The Morgan fingerprint density at radius 1 is 1.29 bits per heavy atom. The molecule has 0 spiro atoms. The third-order valence-electron chi connectivity index (χ3n) is 4.17. The Hall–Kier alpha value is -1.64. The van der Waals surface area contributed by atoms with Crippen LogP contribution in [0.2, 0.25) is 0 Å². The van der Waals surface area contributed by atoms with E-state index >= 15 is 0 Å². The van der Waals surface area contributed by atoms with Crippen LogP contribution in [-0.4, -0.2) is 28.8 Å². The van der Waals surface area contributed by atoms with Gasteiger partial charge in [-0.3, -0.25) is 4.99 Å². The molecule has 1 aliphatic carbocycles. The lowest BCUT2D eigenvalue weighted by Crippen LogP contribution is -2.34. The van der Waals surface area contributed by atoms with Crippen molar-refractivity contribution in [2.45, 2.75) is 25.7 Å². The van der Waals surface area contributed by atoms with Crippen LogP contribution in [-0.2, 0) is 6.42 Å². The average molecular weight is 443 g/mol. The van der Waals surface area contributed by atoms with Crippen molar-refractivity contribution in [2.75, 3.05) is 13.1 Å². The maximum Gasteiger partial charge on any atom is 0.188 e. The second-order valence-electron chi connectivity index (χ2n) is 5.93. The number of aliphatic imine (C=N–C) groups is 1. The third kappa shape index (κ3) is 5.19. The maximum atomic E-state index is 12.9. The molecule has 3 N–H and O–H groups in total. The minimum absolute atomic E-state index is 0. The topological polar surface area (TPSA) is 68.2 Å². The molecule has 5 nitrogen and oxygen atoms in total. The van der Waals surface area contributed by atoms with Crippen LogP contribution in [0.1, 0.15) is 25.0 Å². The highest BCUT2D eigenvalue weighted by molar-refractivity contribution is 14.0. The lowest BCUT2D eigenvalue weighted by atomic mass is 9.86. The molecule has 0 radical (unpaired) electrons. The van der Waals surface area contributed by atoms with E-state index in [0.717, 1.165) is 30.3 Å². The first kappa shape index (κ1) is 18.7. The lowest BCUT2D eigenvalue weighted by Gasteiger charge is -2.23. The zero-order valence-electron chi connectivity index (χ0n) is 13.5. The van der Waals surface area contributed by atoms with Crippen molar-refractivity contribution in [3.8, 4) is 5.69 Å². The zero-order chi connectivity index (χ0) is 16.1. The molecule has 1 saturated carbocycles. The van der Waals surface area contributed by atoms with Crippen LogP contribution in [0.4, 0.5) is 4.39 Å². The molecular weight excluding hydrogens is 420 g/mol. The predicted octanol–water partition coefficient (Wildman–Crippen LogP) is 2.88. The monoisotopic (exact) mass is 443 g/mol. The Kier molecular flexibility index (Phi) is 7.01. The summed E-state index contributed by atoms with van der Waals surface area (Å²) in [7, 11) is 0. The van der Waals surface area contributed by atoms with Gasteiger partial charge in [-0.15, -0.1) is 24.0 Å². The van der Waals surface area contributed by atoms with Crippen LogP contribution in [0.5, 0.6) is 0 Å². The normalized spacial score (nSPS) is 14.8. The first-order valence-corrected chi connectivity index (χ1v) is 8.05. The van der Waals surface area contributed by atoms with Crippen molar-refractivity contribution >= 4 is 29.9 Å². The number of guanidine groups is 1. The second-order valence-corrected chi connectivity index (χ2v) is 5.93. The van der Waals surface area contributed by atoms with Gasteiger partial charge in [0.1, 0.15) is 5.82 Å². The first-order chi connectivity index (χ1) is 11.2. The van der Waals surface area contributed by atoms with E-state index in [1.54, 1.807) is 16.8 Å². The maximum absolute atomic E-state index is 12.9. The molecule has 130 valence electrons. The number of nitrogens with two attached hydrogens (primary N) is 1. The summed E-state index contributed by atoms with van der Waals surface area (Å²) in [6.45, 7) is 1.53. The number of nitrogens with one attached hydrogen (secondary N) is 1. The fourth-order valence-corrected chi connectivity index (χ4v) is 2.51. The molecular formula is C17H23FIN5. The first-order valence-electron chi connectivity index (χ1n) is 8.05. The van der Waals surface area contributed by atoms with Crippen molar-refractivity contribution in [1.82, 2.24) is 15.1 Å². The van der Waals surface area contributed by atoms with Crippen molar-refractivity contribution in [3.63, 3.8) is 0 Å². The molecule has 0 unspecified atom stereocenters. The van der Waals surface area contributed by atoms with Gasteiger partial charge in [0, 0.05) is 25.7 Å². The van der Waals surface area contributed by atoms with Crippen molar-refractivity contribution in [1.29, 1.82) is 0 Å². The molecule has 24 heavy (non-hydrogen) atoms. The second kappa shape index (κ2) is 9.00. The van der Waals surface area contributed by atoms with Gasteiger partial charge < -0.3 is 11.1 Å². The van der Waals surface area contributed by atoms with E-state index in [4.69, 9.17) is 5.73 Å². The number of rotatable bonds is 6. The lowest BCUT2D eigenvalue weighted by molar-refractivity contribution is 0.326. The average Bonchev–Trinajstić information content (AvgIpc) is 2.95. The van der Waals surface area contributed by atoms with E-state index < -0.39 is 0 Å². The highest BCUT2D eigenvalue weighted by Crippen LogP contribution is 2.26. The number of hydrogen-bond acceptors (Lipinski definition) is 2. The summed E-state index contributed by atoms with van der Waals surface area (Å²) in [6.07, 6.45) is 6.50. The van der Waals surface area contributed by atoms with Crippen LogP contribution in [0.3, 0.4) is 0 Å². The summed E-state index contributed by atoms with van der Waals surface area (Å²) < 4.78 is 14.7. The van der Waals surface area contributed by atoms with E-state index in [1.165, 1.54) is 31.4 Å². The van der Waals surface area contributed by atoms with Gasteiger partial charge in [0.25, 0.3) is 0 Å². The molecule has 0 saturated heterocycles. The third-order valence-corrected chi connectivity index (χ3v) is 4.17. The summed E-state index contributed by atoms with van der Waals surface area (Å²) in [4.78, 5) is 4.36. The van der Waals surface area contributed by atoms with E-state index in [9.17, 15) is 4.39 Å². The molecule has 1 aromatic heterocycles. The molecule has 1 heterocycles. The summed E-state index contributed by atoms with van der Waals surface area (Å²) in [5.41, 5.74) is 7.65. The Bertz CT molecular complexity index is 664. The van der Waals surface area contributed by atoms with Gasteiger partial charge in [-0.2, -0.15) is 5.10 Å². The number of hydrogen-bond donors (Lipinski definition) is 2. The van der Waals surface area contributed by atoms with Crippen molar-refractivity contribution in [3.05, 3.63) is 48.0 Å². The van der Waals surface area contributed by atoms with Gasteiger partial charge >= 0.3 is 0 Å². The van der Waals surface area contributed by atoms with E-state index in [-0.39, 0.29) is 29.8 Å². The van der Waals surface area contributed by atoms with Crippen LogP contribution >= 0.6 is 24.0 Å². The van der Waals surface area contributed by atoms with Gasteiger partial charge in [-0.25, -0.2) is 9.07 Å². The summed E-state index contributed by atoms with van der Waals surface area (Å²) >= 11 is 0. The molecule has 1 aromatic carbocycles. The van der Waals surface area contributed by atoms with Crippen LogP contribution in [0.25, 0.3) is 5.69 Å². The molecule has 1 fully saturated rings. The van der Waals surface area contributed by atoms with E-state index in [2.05, 4.69) is 15.4 Å². The molecule has 7 heteroatoms. The highest BCUT2D eigenvalue weighted by atomic mass is 127. The SMILES string of the molecule is I.NC(=NCC1CCC1)NCCc1ccn(-c2ccc(F)cc2)n1. The van der Waals surface area contributed by atoms with E-state index in [1.807, 2.05) is 12.3 Å². The number of nitrogens with zero attached hydrogens (tertiary/aromatic N) is 3. The minimum atomic E-state index is -0.248. The smallest absolute Gasteiger partial charge is 0.188 e. The van der Waals surface area contributed by atoms with E-state index in [0.29, 0.717) is 12.5 Å². The summed E-state index contributed by atoms with van der Waals surface area (Å²) in [5, 5.41) is 7.60. The molecule has 0 bridgehead atoms. The predicted molar refractivity (Wildman–Crippen MR) is 104 cm³/mol. The molecule has 0 amide bonds.